The second kappa shape index (κ2) is 8.93. The summed E-state index contributed by atoms with van der Waals surface area (Å²) in [5, 5.41) is 13.1. The van der Waals surface area contributed by atoms with Gasteiger partial charge in [0.25, 0.3) is 5.91 Å². The van der Waals surface area contributed by atoms with E-state index in [1.807, 2.05) is 12.1 Å². The van der Waals surface area contributed by atoms with Gasteiger partial charge in [0.1, 0.15) is 5.82 Å². The molecule has 2 N–H and O–H groups in total. The zero-order valence-corrected chi connectivity index (χ0v) is 15.0. The molecule has 3 rings (SSSR count). The number of hydrogen-bond donors (Lipinski definition) is 2. The molecule has 26 heavy (non-hydrogen) atoms. The second-order valence-corrected chi connectivity index (χ2v) is 6.41. The number of aliphatic hydroxyl groups excluding tert-OH is 1. The molecule has 0 aliphatic carbocycles. The first-order chi connectivity index (χ1) is 12.7. The fourth-order valence-corrected chi connectivity index (χ4v) is 2.99. The van der Waals surface area contributed by atoms with Crippen molar-refractivity contribution in [2.75, 3.05) is 44.8 Å². The van der Waals surface area contributed by atoms with Gasteiger partial charge in [-0.25, -0.2) is 4.98 Å². The lowest BCUT2D eigenvalue weighted by Crippen LogP contribution is -2.40. The van der Waals surface area contributed by atoms with Gasteiger partial charge in [0.15, 0.2) is 0 Å². The van der Waals surface area contributed by atoms with Gasteiger partial charge in [-0.1, -0.05) is 17.7 Å². The van der Waals surface area contributed by atoms with E-state index >= 15 is 0 Å². The van der Waals surface area contributed by atoms with E-state index in [4.69, 9.17) is 16.3 Å². The van der Waals surface area contributed by atoms with Crippen LogP contribution in [-0.4, -0.2) is 65.3 Å². The number of rotatable bonds is 6. The Morgan fingerprint density at radius 3 is 2.85 bits per heavy atom. The average molecular weight is 377 g/mol. The fraction of sp³-hybridized carbons (Fsp3) is 0.389. The van der Waals surface area contributed by atoms with Crippen LogP contribution in [0.2, 0.25) is 5.02 Å². The summed E-state index contributed by atoms with van der Waals surface area (Å²) in [4.78, 5) is 22.5. The maximum absolute atomic E-state index is 12.5. The molecule has 0 saturated carbocycles. The van der Waals surface area contributed by atoms with Crippen molar-refractivity contribution >= 4 is 23.3 Å². The van der Waals surface area contributed by atoms with Crippen LogP contribution in [0, 0.1) is 0 Å². The molecule has 0 aromatic carbocycles. The molecule has 1 atom stereocenters. The van der Waals surface area contributed by atoms with Crippen molar-refractivity contribution in [3.05, 3.63) is 52.9 Å². The molecule has 1 aliphatic heterocycles. The molecule has 2 aromatic rings. The number of halogens is 1. The second-order valence-electron chi connectivity index (χ2n) is 6.01. The van der Waals surface area contributed by atoms with Crippen molar-refractivity contribution in [1.29, 1.82) is 0 Å². The highest BCUT2D eigenvalue weighted by atomic mass is 35.5. The predicted octanol–water partition coefficient (Wildman–Crippen LogP) is 1.79. The third-order valence-corrected chi connectivity index (χ3v) is 4.57. The first-order valence-electron chi connectivity index (χ1n) is 8.46. The summed E-state index contributed by atoms with van der Waals surface area (Å²) in [6.45, 7) is 2.65. The number of aliphatic hydroxyl groups is 1. The Bertz CT molecular complexity index is 738. The highest BCUT2D eigenvalue weighted by Crippen LogP contribution is 2.23. The van der Waals surface area contributed by atoms with Crippen LogP contribution in [0.3, 0.4) is 0 Å². The minimum absolute atomic E-state index is 0.0239. The van der Waals surface area contributed by atoms with E-state index in [9.17, 15) is 9.90 Å². The van der Waals surface area contributed by atoms with E-state index in [1.54, 1.807) is 23.4 Å². The van der Waals surface area contributed by atoms with Crippen LogP contribution in [-0.2, 0) is 4.74 Å². The van der Waals surface area contributed by atoms with Crippen LogP contribution >= 0.6 is 11.6 Å². The first-order valence-corrected chi connectivity index (χ1v) is 8.84. The maximum Gasteiger partial charge on any atom is 0.255 e. The van der Waals surface area contributed by atoms with Gasteiger partial charge >= 0.3 is 0 Å². The van der Waals surface area contributed by atoms with Gasteiger partial charge in [-0.2, -0.15) is 0 Å². The number of morpholine rings is 1. The standard InChI is InChI=1S/C18H21ClN4O3/c19-16-8-14(18(25)23-4-6-26-7-5-23)10-21-17(16)22-11-15(12-24)13-2-1-3-20-9-13/h1-3,8-10,15,24H,4-7,11-12H2,(H,21,22)/t15-/m0/s1. The molecule has 1 amide bonds. The quantitative estimate of drug-likeness (QED) is 0.799. The number of carbonyl (C=O) groups is 1. The zero-order chi connectivity index (χ0) is 18.4. The van der Waals surface area contributed by atoms with Crippen LogP contribution in [0.15, 0.2) is 36.8 Å². The van der Waals surface area contributed by atoms with E-state index in [0.29, 0.717) is 49.3 Å². The van der Waals surface area contributed by atoms with Gasteiger partial charge in [-0.3, -0.25) is 9.78 Å². The Kier molecular flexibility index (Phi) is 6.38. The summed E-state index contributed by atoms with van der Waals surface area (Å²) >= 11 is 6.29. The molecule has 0 radical (unpaired) electrons. The van der Waals surface area contributed by atoms with Crippen molar-refractivity contribution in [3.8, 4) is 0 Å². The summed E-state index contributed by atoms with van der Waals surface area (Å²) in [6, 6.07) is 5.36. The van der Waals surface area contributed by atoms with E-state index in [1.165, 1.54) is 6.20 Å². The Morgan fingerprint density at radius 2 is 2.19 bits per heavy atom. The largest absolute Gasteiger partial charge is 0.396 e. The van der Waals surface area contributed by atoms with Gasteiger partial charge < -0.3 is 20.1 Å². The van der Waals surface area contributed by atoms with E-state index in [-0.39, 0.29) is 18.4 Å². The lowest BCUT2D eigenvalue weighted by Gasteiger charge is -2.26. The molecule has 1 aliphatic rings. The van der Waals surface area contributed by atoms with Crippen molar-refractivity contribution in [1.82, 2.24) is 14.9 Å². The predicted molar refractivity (Wildman–Crippen MR) is 98.5 cm³/mol. The summed E-state index contributed by atoms with van der Waals surface area (Å²) in [7, 11) is 0. The first kappa shape index (κ1) is 18.6. The van der Waals surface area contributed by atoms with Crippen LogP contribution in [0.4, 0.5) is 5.82 Å². The van der Waals surface area contributed by atoms with Crippen molar-refractivity contribution < 1.29 is 14.6 Å². The number of nitrogens with zero attached hydrogens (tertiary/aromatic N) is 3. The van der Waals surface area contributed by atoms with Crippen LogP contribution < -0.4 is 5.32 Å². The minimum Gasteiger partial charge on any atom is -0.396 e. The number of hydrogen-bond acceptors (Lipinski definition) is 6. The number of nitrogens with one attached hydrogen (secondary N) is 1. The minimum atomic E-state index is -0.128. The summed E-state index contributed by atoms with van der Waals surface area (Å²) in [5.41, 5.74) is 1.38. The third-order valence-electron chi connectivity index (χ3n) is 4.28. The average Bonchev–Trinajstić information content (AvgIpc) is 2.70. The van der Waals surface area contributed by atoms with Crippen LogP contribution in [0.5, 0.6) is 0 Å². The molecule has 1 fully saturated rings. The lowest BCUT2D eigenvalue weighted by atomic mass is 10.0. The van der Waals surface area contributed by atoms with Gasteiger partial charge in [-0.15, -0.1) is 0 Å². The number of anilines is 1. The highest BCUT2D eigenvalue weighted by Gasteiger charge is 2.20. The van der Waals surface area contributed by atoms with E-state index in [2.05, 4.69) is 15.3 Å². The normalized spacial score (nSPS) is 15.5. The van der Waals surface area contributed by atoms with Gasteiger partial charge in [0.2, 0.25) is 0 Å². The summed E-state index contributed by atoms with van der Waals surface area (Å²) in [6.07, 6.45) is 4.93. The molecule has 0 unspecified atom stereocenters. The van der Waals surface area contributed by atoms with Crippen molar-refractivity contribution in [2.45, 2.75) is 5.92 Å². The maximum atomic E-state index is 12.5. The monoisotopic (exact) mass is 376 g/mol. The molecular formula is C18H21ClN4O3. The van der Waals surface area contributed by atoms with Gasteiger partial charge in [0.05, 0.1) is 30.4 Å². The number of amides is 1. The van der Waals surface area contributed by atoms with E-state index in [0.717, 1.165) is 5.56 Å². The Balaban J connectivity index is 1.65. The van der Waals surface area contributed by atoms with Gasteiger partial charge in [-0.05, 0) is 17.7 Å². The van der Waals surface area contributed by atoms with E-state index < -0.39 is 0 Å². The fourth-order valence-electron chi connectivity index (χ4n) is 2.76. The smallest absolute Gasteiger partial charge is 0.255 e. The summed E-state index contributed by atoms with van der Waals surface area (Å²) < 4.78 is 5.26. The molecule has 1 saturated heterocycles. The highest BCUT2D eigenvalue weighted by molar-refractivity contribution is 6.33. The van der Waals surface area contributed by atoms with Crippen molar-refractivity contribution in [3.63, 3.8) is 0 Å². The number of ether oxygens (including phenoxy) is 1. The Morgan fingerprint density at radius 1 is 1.38 bits per heavy atom. The molecule has 138 valence electrons. The number of carbonyl (C=O) groups excluding carboxylic acids is 1. The number of pyridine rings is 2. The van der Waals surface area contributed by atoms with Crippen molar-refractivity contribution in [2.24, 2.45) is 0 Å². The summed E-state index contributed by atoms with van der Waals surface area (Å²) in [5.74, 6) is 0.251. The zero-order valence-electron chi connectivity index (χ0n) is 14.3. The molecule has 2 aromatic heterocycles. The lowest BCUT2D eigenvalue weighted by molar-refractivity contribution is 0.0302. The Hall–Kier alpha value is -2.22. The SMILES string of the molecule is O=C(c1cnc(NC[C@@H](CO)c2cccnc2)c(Cl)c1)N1CCOCC1. The molecule has 3 heterocycles. The molecule has 0 bridgehead atoms. The van der Waals surface area contributed by atoms with Crippen LogP contribution in [0.25, 0.3) is 0 Å². The third kappa shape index (κ3) is 4.49. The molecular weight excluding hydrogens is 356 g/mol. The Labute approximate surface area is 157 Å². The van der Waals surface area contributed by atoms with Crippen LogP contribution in [0.1, 0.15) is 21.8 Å². The molecule has 7 nitrogen and oxygen atoms in total. The van der Waals surface area contributed by atoms with Gasteiger partial charge in [0, 0.05) is 44.1 Å². The number of aromatic nitrogens is 2. The molecule has 8 heteroatoms. The topological polar surface area (TPSA) is 87.6 Å². The molecule has 0 spiro atoms.